The molecule has 0 saturated carbocycles. The molecule has 0 saturated heterocycles. The highest BCUT2D eigenvalue weighted by Crippen LogP contribution is 2.29. The van der Waals surface area contributed by atoms with E-state index in [1.165, 1.54) is 5.56 Å². The molecule has 0 unspecified atom stereocenters. The first-order valence-electron chi connectivity index (χ1n) is 6.09. The number of nitrogens with zero attached hydrogens (tertiary/aromatic N) is 2. The maximum absolute atomic E-state index is 6.22. The van der Waals surface area contributed by atoms with Gasteiger partial charge in [-0.2, -0.15) is 0 Å². The van der Waals surface area contributed by atoms with Crippen LogP contribution in [0.4, 0.5) is 0 Å². The molecule has 102 valence electrons. The predicted molar refractivity (Wildman–Crippen MR) is 88.1 cm³/mol. The van der Waals surface area contributed by atoms with Crippen molar-refractivity contribution >= 4 is 50.2 Å². The number of halogens is 3. The number of fused-ring (bicyclic) bond motifs is 1. The predicted octanol–water partition coefficient (Wildman–Crippen LogP) is 5.49. The van der Waals surface area contributed by atoms with Gasteiger partial charge in [0.25, 0.3) is 0 Å². The molecule has 2 nitrogen and oxygen atoms in total. The van der Waals surface area contributed by atoms with Crippen molar-refractivity contribution in [2.45, 2.75) is 12.8 Å². The molecule has 0 N–H and O–H groups in total. The van der Waals surface area contributed by atoms with Crippen molar-refractivity contribution in [3.8, 4) is 5.69 Å². The summed E-state index contributed by atoms with van der Waals surface area (Å²) in [6, 6.07) is 12.0. The smallest absolute Gasteiger partial charge is 0.129 e. The standard InChI is InChI=1S/C15H11BrCl2N2/c1-9-5-10(16)7-11(6-9)20-13-4-2-3-12(18)15(13)19-14(20)8-17/h2-7H,8H2,1H3. The highest BCUT2D eigenvalue weighted by molar-refractivity contribution is 9.10. The molecule has 3 rings (SSSR count). The van der Waals surface area contributed by atoms with E-state index in [1.807, 2.05) is 28.8 Å². The summed E-state index contributed by atoms with van der Waals surface area (Å²) in [5.41, 5.74) is 3.93. The Kier molecular flexibility index (Phi) is 3.76. The number of imidazole rings is 1. The van der Waals surface area contributed by atoms with Gasteiger partial charge in [0.1, 0.15) is 11.3 Å². The van der Waals surface area contributed by atoms with E-state index in [9.17, 15) is 0 Å². The Balaban J connectivity index is 2.37. The van der Waals surface area contributed by atoms with E-state index in [2.05, 4.69) is 40.0 Å². The number of para-hydroxylation sites is 1. The fourth-order valence-corrected chi connectivity index (χ4v) is 3.32. The van der Waals surface area contributed by atoms with E-state index >= 15 is 0 Å². The molecule has 0 spiro atoms. The molecule has 0 radical (unpaired) electrons. The monoisotopic (exact) mass is 368 g/mol. The third-order valence-corrected chi connectivity index (χ3v) is 4.11. The molecule has 0 aliphatic rings. The number of rotatable bonds is 2. The SMILES string of the molecule is Cc1cc(Br)cc(-n2c(CCl)nc3c(Cl)cccc32)c1. The minimum atomic E-state index is 0.330. The summed E-state index contributed by atoms with van der Waals surface area (Å²) in [6.07, 6.45) is 0. The van der Waals surface area contributed by atoms with Crippen LogP contribution in [-0.4, -0.2) is 9.55 Å². The number of alkyl halides is 1. The van der Waals surface area contributed by atoms with Gasteiger partial charge in [-0.25, -0.2) is 4.98 Å². The van der Waals surface area contributed by atoms with Gasteiger partial charge >= 0.3 is 0 Å². The van der Waals surface area contributed by atoms with Crippen LogP contribution in [-0.2, 0) is 5.88 Å². The largest absolute Gasteiger partial charge is 0.295 e. The van der Waals surface area contributed by atoms with Crippen LogP contribution in [0.5, 0.6) is 0 Å². The van der Waals surface area contributed by atoms with Crippen molar-refractivity contribution in [2.24, 2.45) is 0 Å². The highest BCUT2D eigenvalue weighted by Gasteiger charge is 2.14. The van der Waals surface area contributed by atoms with Gasteiger partial charge in [-0.3, -0.25) is 4.57 Å². The van der Waals surface area contributed by atoms with Gasteiger partial charge < -0.3 is 0 Å². The molecule has 1 heterocycles. The zero-order valence-electron chi connectivity index (χ0n) is 10.7. The highest BCUT2D eigenvalue weighted by atomic mass is 79.9. The number of hydrogen-bond acceptors (Lipinski definition) is 1. The number of benzene rings is 2. The molecular formula is C15H11BrCl2N2. The molecule has 20 heavy (non-hydrogen) atoms. The maximum atomic E-state index is 6.22. The van der Waals surface area contributed by atoms with Crippen molar-refractivity contribution in [3.05, 3.63) is 57.3 Å². The molecule has 0 atom stereocenters. The first kappa shape index (κ1) is 13.9. The number of hydrogen-bond donors (Lipinski definition) is 0. The van der Waals surface area contributed by atoms with Crippen molar-refractivity contribution in [2.75, 3.05) is 0 Å². The topological polar surface area (TPSA) is 17.8 Å². The van der Waals surface area contributed by atoms with Crippen LogP contribution in [0, 0.1) is 6.92 Å². The van der Waals surface area contributed by atoms with Gasteiger partial charge in [0.2, 0.25) is 0 Å². The van der Waals surface area contributed by atoms with Crippen molar-refractivity contribution in [1.29, 1.82) is 0 Å². The summed E-state index contributed by atoms with van der Waals surface area (Å²) in [6.45, 7) is 2.06. The van der Waals surface area contributed by atoms with Crippen LogP contribution < -0.4 is 0 Å². The van der Waals surface area contributed by atoms with E-state index < -0.39 is 0 Å². The van der Waals surface area contributed by atoms with Crippen LogP contribution in [0.2, 0.25) is 5.02 Å². The Morgan fingerprint density at radius 2 is 2.05 bits per heavy atom. The van der Waals surface area contributed by atoms with Gasteiger partial charge in [0.15, 0.2) is 0 Å². The normalized spacial score (nSPS) is 11.2. The van der Waals surface area contributed by atoms with Crippen molar-refractivity contribution in [3.63, 3.8) is 0 Å². The molecule has 0 aliphatic heterocycles. The minimum absolute atomic E-state index is 0.330. The second kappa shape index (κ2) is 5.40. The van der Waals surface area contributed by atoms with Crippen molar-refractivity contribution < 1.29 is 0 Å². The van der Waals surface area contributed by atoms with Crippen LogP contribution >= 0.6 is 39.1 Å². The zero-order valence-corrected chi connectivity index (χ0v) is 13.8. The molecule has 5 heteroatoms. The molecule has 0 aliphatic carbocycles. The van der Waals surface area contributed by atoms with Crippen LogP contribution in [0.3, 0.4) is 0 Å². The lowest BCUT2D eigenvalue weighted by atomic mass is 10.2. The molecular weight excluding hydrogens is 359 g/mol. The molecule has 3 aromatic rings. The Morgan fingerprint density at radius 1 is 1.25 bits per heavy atom. The molecule has 1 aromatic heterocycles. The van der Waals surface area contributed by atoms with Crippen LogP contribution in [0.15, 0.2) is 40.9 Å². The summed E-state index contributed by atoms with van der Waals surface area (Å²) < 4.78 is 3.07. The Hall–Kier alpha value is -1.03. The average molecular weight is 370 g/mol. The molecule has 0 fully saturated rings. The van der Waals surface area contributed by atoms with E-state index in [-0.39, 0.29) is 0 Å². The fourth-order valence-electron chi connectivity index (χ4n) is 2.34. The summed E-state index contributed by atoms with van der Waals surface area (Å²) >= 11 is 15.8. The number of aromatic nitrogens is 2. The summed E-state index contributed by atoms with van der Waals surface area (Å²) in [5, 5.41) is 0.638. The Morgan fingerprint density at radius 3 is 2.75 bits per heavy atom. The maximum Gasteiger partial charge on any atom is 0.129 e. The molecule has 0 amide bonds. The van der Waals surface area contributed by atoms with Crippen molar-refractivity contribution in [1.82, 2.24) is 9.55 Å². The lowest BCUT2D eigenvalue weighted by Crippen LogP contribution is -1.99. The first-order chi connectivity index (χ1) is 9.60. The molecule has 0 bridgehead atoms. The van der Waals surface area contributed by atoms with Gasteiger partial charge in [0, 0.05) is 10.2 Å². The fraction of sp³-hybridized carbons (Fsp3) is 0.133. The second-order valence-corrected chi connectivity index (χ2v) is 6.18. The quantitative estimate of drug-likeness (QED) is 0.546. The van der Waals surface area contributed by atoms with E-state index in [4.69, 9.17) is 23.2 Å². The Bertz CT molecular complexity index is 776. The van der Waals surface area contributed by atoms with Gasteiger partial charge in [-0.15, -0.1) is 11.6 Å². The third-order valence-electron chi connectivity index (χ3n) is 3.11. The summed E-state index contributed by atoms with van der Waals surface area (Å²) in [4.78, 5) is 4.55. The summed E-state index contributed by atoms with van der Waals surface area (Å²) in [5.74, 6) is 1.11. The summed E-state index contributed by atoms with van der Waals surface area (Å²) in [7, 11) is 0. The van der Waals surface area contributed by atoms with Gasteiger partial charge in [-0.05, 0) is 42.8 Å². The first-order valence-corrected chi connectivity index (χ1v) is 7.80. The van der Waals surface area contributed by atoms with Gasteiger partial charge in [0.05, 0.1) is 16.4 Å². The minimum Gasteiger partial charge on any atom is -0.295 e. The Labute approximate surface area is 135 Å². The zero-order chi connectivity index (χ0) is 14.3. The lowest BCUT2D eigenvalue weighted by Gasteiger charge is -2.09. The van der Waals surface area contributed by atoms with Crippen LogP contribution in [0.1, 0.15) is 11.4 Å². The van der Waals surface area contributed by atoms with E-state index in [0.717, 1.165) is 27.0 Å². The number of aryl methyl sites for hydroxylation is 1. The van der Waals surface area contributed by atoms with Crippen LogP contribution in [0.25, 0.3) is 16.7 Å². The van der Waals surface area contributed by atoms with Gasteiger partial charge in [-0.1, -0.05) is 33.6 Å². The average Bonchev–Trinajstić information content (AvgIpc) is 2.77. The molecule has 2 aromatic carbocycles. The van der Waals surface area contributed by atoms with E-state index in [0.29, 0.717) is 10.9 Å². The third kappa shape index (κ3) is 2.34. The lowest BCUT2D eigenvalue weighted by molar-refractivity contribution is 0.979. The van der Waals surface area contributed by atoms with E-state index in [1.54, 1.807) is 0 Å². The second-order valence-electron chi connectivity index (χ2n) is 4.59.